The summed E-state index contributed by atoms with van der Waals surface area (Å²) < 4.78 is 34.0. The van der Waals surface area contributed by atoms with E-state index >= 15 is 0 Å². The van der Waals surface area contributed by atoms with Crippen molar-refractivity contribution in [2.45, 2.75) is 145 Å². The first-order valence-corrected chi connectivity index (χ1v) is 19.6. The molecule has 0 aliphatic heterocycles. The van der Waals surface area contributed by atoms with E-state index in [1.807, 2.05) is 51.2 Å². The number of alkyl halides is 2. The van der Waals surface area contributed by atoms with Crippen molar-refractivity contribution >= 4 is 27.9 Å². The highest BCUT2D eigenvalue weighted by Crippen LogP contribution is 2.48. The third-order valence-electron chi connectivity index (χ3n) is 8.73. The fourth-order valence-corrected chi connectivity index (χ4v) is 6.46. The second-order valence-corrected chi connectivity index (χ2v) is 14.6. The number of aliphatic hydroxyl groups excluding tert-OH is 1. The molecule has 0 amide bonds. The molecule has 1 radical (unpaired) electrons. The van der Waals surface area contributed by atoms with Crippen LogP contribution in [0.1, 0.15) is 146 Å². The van der Waals surface area contributed by atoms with E-state index in [4.69, 9.17) is 4.42 Å². The van der Waals surface area contributed by atoms with E-state index in [-0.39, 0.29) is 17.1 Å². The van der Waals surface area contributed by atoms with E-state index in [1.54, 1.807) is 16.2 Å². The van der Waals surface area contributed by atoms with E-state index in [1.165, 1.54) is 51.3 Å². The van der Waals surface area contributed by atoms with Crippen LogP contribution in [0.3, 0.4) is 0 Å². The Morgan fingerprint density at radius 3 is 2.18 bits per heavy atom. The lowest BCUT2D eigenvalue weighted by Gasteiger charge is -2.26. The number of allylic oxidation sites excluding steroid dienone is 2. The number of Topliss-reactive ketones (excluding diaryl/α,β-unsaturated/α-hetero) is 1. The lowest BCUT2D eigenvalue weighted by molar-refractivity contribution is 0.0976. The standard InChI is InChI=1S/C23H36F2NO2P.C9H20B.C8H8O.C2H6/c1-6-7-17(9-8-15(2)3)12-26(5)13-18-10-11-19-21(16(18)4)22(23(24,25)29)20(14-27)28-19;1-4-5-6-7-9(2)8-10-3;1-7(9)8-5-3-2-4-6-8;1-2/h13,15,17,27H,4,6-12,14,29H2,1-3,5H3;9H,4-8H2,1-3H3;2-6H,1H3;1-2H3/b18-13-;;;. The molecule has 0 saturated heterocycles. The fourth-order valence-electron chi connectivity index (χ4n) is 6.16. The Hall–Kier alpha value is -2.24. The molecule has 4 nitrogen and oxygen atoms in total. The second kappa shape index (κ2) is 26.5. The van der Waals surface area contributed by atoms with E-state index in [0.717, 1.165) is 30.0 Å². The number of carbonyl (C=O) groups excluding carboxylic acids is 1. The zero-order chi connectivity index (χ0) is 38.3. The van der Waals surface area contributed by atoms with Crippen LogP contribution in [0.2, 0.25) is 13.1 Å². The SMILES string of the molecule is C=C1/C(=C\N(C)CC(CCC)CCC(C)C)CCc2oc(CO)c(C(F)(F)P)c21.CC.CC(=O)c1ccccc1.C[B]CC(C)CCCCC. The predicted molar refractivity (Wildman–Crippen MR) is 216 cm³/mol. The Bertz CT molecular complexity index is 1240. The van der Waals surface area contributed by atoms with Crippen LogP contribution in [0, 0.1) is 17.8 Å². The number of furan rings is 1. The first-order chi connectivity index (χ1) is 23.7. The van der Waals surface area contributed by atoms with Crippen LogP contribution in [0.25, 0.3) is 5.57 Å². The smallest absolute Gasteiger partial charge is 0.287 e. The van der Waals surface area contributed by atoms with Gasteiger partial charge in [0, 0.05) is 37.3 Å². The molecule has 0 saturated carbocycles. The Balaban J connectivity index is 0.000000928. The average molecular weight is 717 g/mol. The Kier molecular flexibility index (Phi) is 25.3. The number of fused-ring (bicyclic) bond motifs is 1. The molecule has 3 atom stereocenters. The van der Waals surface area contributed by atoms with Gasteiger partial charge in [-0.1, -0.05) is 152 Å². The van der Waals surface area contributed by atoms with Gasteiger partial charge in [-0.3, -0.25) is 4.79 Å². The highest BCUT2D eigenvalue weighted by Gasteiger charge is 2.38. The molecule has 1 aliphatic rings. The Labute approximate surface area is 308 Å². The van der Waals surface area contributed by atoms with E-state index in [2.05, 4.69) is 66.4 Å². The summed E-state index contributed by atoms with van der Waals surface area (Å²) in [5.41, 5.74) is -0.746. The zero-order valence-electron chi connectivity index (χ0n) is 33.2. The van der Waals surface area contributed by atoms with Crippen molar-refractivity contribution in [3.63, 3.8) is 0 Å². The summed E-state index contributed by atoms with van der Waals surface area (Å²) in [6.07, 6.45) is 15.0. The van der Waals surface area contributed by atoms with Gasteiger partial charge in [0.05, 0.1) is 5.56 Å². The normalized spacial score (nSPS) is 14.3. The summed E-state index contributed by atoms with van der Waals surface area (Å²) in [6, 6.07) is 9.23. The van der Waals surface area contributed by atoms with Crippen LogP contribution in [-0.2, 0) is 18.7 Å². The molecule has 1 N–H and O–H groups in total. The van der Waals surface area contributed by atoms with Gasteiger partial charge in [-0.2, -0.15) is 8.78 Å². The maximum absolute atomic E-state index is 14.2. The van der Waals surface area contributed by atoms with Crippen LogP contribution in [0.4, 0.5) is 8.78 Å². The molecular weight excluding hydrogens is 646 g/mol. The van der Waals surface area contributed by atoms with Gasteiger partial charge in [-0.05, 0) is 49.2 Å². The molecule has 1 aliphatic carbocycles. The quantitative estimate of drug-likeness (QED) is 0.0766. The first kappa shape index (κ1) is 47.8. The monoisotopic (exact) mass is 717 g/mol. The number of benzene rings is 1. The van der Waals surface area contributed by atoms with Crippen molar-refractivity contribution in [1.82, 2.24) is 4.90 Å². The molecule has 0 fully saturated rings. The molecule has 1 heterocycles. The molecule has 283 valence electrons. The summed E-state index contributed by atoms with van der Waals surface area (Å²) in [4.78, 5) is 12.8. The lowest BCUT2D eigenvalue weighted by atomic mass is 9.72. The zero-order valence-corrected chi connectivity index (χ0v) is 34.4. The number of aryl methyl sites for hydroxylation is 1. The van der Waals surface area contributed by atoms with Crippen LogP contribution >= 0.6 is 9.24 Å². The summed E-state index contributed by atoms with van der Waals surface area (Å²) in [7, 11) is 5.88. The Morgan fingerprint density at radius 1 is 1.06 bits per heavy atom. The predicted octanol–water partition coefficient (Wildman–Crippen LogP) is 12.6. The minimum atomic E-state index is -3.17. The molecule has 0 spiro atoms. The number of ketones is 1. The van der Waals surface area contributed by atoms with Crippen molar-refractivity contribution in [2.24, 2.45) is 17.8 Å². The highest BCUT2D eigenvalue weighted by atomic mass is 31.0. The highest BCUT2D eigenvalue weighted by molar-refractivity contribution is 7.17. The second-order valence-electron chi connectivity index (χ2n) is 13.8. The number of rotatable bonds is 17. The number of unbranched alkanes of at least 4 members (excludes halogenated alkanes) is 2. The number of nitrogens with zero attached hydrogens (tertiary/aromatic N) is 1. The minimum absolute atomic E-state index is 0.0672. The third-order valence-corrected chi connectivity index (χ3v) is 9.02. The molecule has 50 heavy (non-hydrogen) atoms. The molecule has 1 aromatic heterocycles. The van der Waals surface area contributed by atoms with Crippen molar-refractivity contribution < 1.29 is 23.1 Å². The number of aliphatic hydroxyl groups is 1. The van der Waals surface area contributed by atoms with Gasteiger partial charge in [0.1, 0.15) is 25.4 Å². The molecule has 0 bridgehead atoms. The molecule has 2 aromatic rings. The fraction of sp³-hybridized carbons (Fsp3) is 0.643. The van der Waals surface area contributed by atoms with Gasteiger partial charge in [-0.25, -0.2) is 0 Å². The van der Waals surface area contributed by atoms with Crippen molar-refractivity contribution in [2.75, 3.05) is 13.6 Å². The maximum Gasteiger partial charge on any atom is 0.287 e. The Morgan fingerprint density at radius 2 is 1.70 bits per heavy atom. The van der Waals surface area contributed by atoms with Crippen molar-refractivity contribution in [3.05, 3.63) is 76.9 Å². The summed E-state index contributed by atoms with van der Waals surface area (Å²) in [5, 5.41) is 9.48. The largest absolute Gasteiger partial charge is 0.462 e. The van der Waals surface area contributed by atoms with Gasteiger partial charge in [0.15, 0.2) is 5.78 Å². The van der Waals surface area contributed by atoms with E-state index in [0.29, 0.717) is 41.6 Å². The number of carbonyl (C=O) groups is 1. The van der Waals surface area contributed by atoms with Crippen LogP contribution in [-0.4, -0.2) is 36.7 Å². The van der Waals surface area contributed by atoms with Gasteiger partial charge in [-0.15, -0.1) is 0 Å². The van der Waals surface area contributed by atoms with Gasteiger partial charge in [0.25, 0.3) is 5.66 Å². The van der Waals surface area contributed by atoms with Gasteiger partial charge in [0.2, 0.25) is 0 Å². The van der Waals surface area contributed by atoms with Crippen LogP contribution in [0.5, 0.6) is 0 Å². The third kappa shape index (κ3) is 18.3. The maximum atomic E-state index is 14.2. The molecule has 1 aromatic carbocycles. The lowest BCUT2D eigenvalue weighted by Crippen LogP contribution is -2.22. The van der Waals surface area contributed by atoms with Crippen LogP contribution < -0.4 is 0 Å². The minimum Gasteiger partial charge on any atom is -0.462 e. The number of halogens is 2. The van der Waals surface area contributed by atoms with E-state index in [9.17, 15) is 18.7 Å². The van der Waals surface area contributed by atoms with Crippen LogP contribution in [0.15, 0.2) is 53.1 Å². The summed E-state index contributed by atoms with van der Waals surface area (Å²) in [6.45, 7) is 23.5. The summed E-state index contributed by atoms with van der Waals surface area (Å²) >= 11 is 0. The molecular formula is C42H70BF2NO3P. The van der Waals surface area contributed by atoms with Gasteiger partial charge >= 0.3 is 0 Å². The number of hydrogen-bond donors (Lipinski definition) is 1. The topological polar surface area (TPSA) is 53.7 Å². The van der Waals surface area contributed by atoms with Crippen molar-refractivity contribution in [1.29, 1.82) is 0 Å². The van der Waals surface area contributed by atoms with E-state index < -0.39 is 12.3 Å². The van der Waals surface area contributed by atoms with Gasteiger partial charge < -0.3 is 14.4 Å². The number of hydrogen-bond acceptors (Lipinski definition) is 4. The first-order valence-electron chi connectivity index (χ1n) is 19.1. The molecule has 3 rings (SSSR count). The summed E-state index contributed by atoms with van der Waals surface area (Å²) in [5.74, 6) is 2.79. The molecule has 3 unspecified atom stereocenters. The molecule has 8 heteroatoms. The van der Waals surface area contributed by atoms with Crippen molar-refractivity contribution in [3.8, 4) is 0 Å². The average Bonchev–Trinajstić information content (AvgIpc) is 3.48.